The molecule has 0 aliphatic rings. The van der Waals surface area contributed by atoms with Crippen LogP contribution < -0.4 is 5.32 Å². The average molecular weight is 377 g/mol. The summed E-state index contributed by atoms with van der Waals surface area (Å²) in [6.07, 6.45) is 0.887. The number of esters is 1. The number of ether oxygens (including phenoxy) is 1. The fourth-order valence-corrected chi connectivity index (χ4v) is 3.40. The van der Waals surface area contributed by atoms with Crippen LogP contribution in [0, 0.1) is 18.3 Å². The third-order valence-electron chi connectivity index (χ3n) is 3.97. The molecule has 5 nitrogen and oxygen atoms in total. The number of thiazole rings is 1. The van der Waals surface area contributed by atoms with E-state index in [4.69, 9.17) is 10.00 Å². The summed E-state index contributed by atoms with van der Waals surface area (Å²) in [5.74, 6) is -0.384. The Morgan fingerprint density at radius 1 is 1.15 bits per heavy atom. The highest BCUT2D eigenvalue weighted by atomic mass is 32.1. The molecule has 1 N–H and O–H groups in total. The molecule has 6 heteroatoms. The first-order valence-electron chi connectivity index (χ1n) is 8.57. The van der Waals surface area contributed by atoms with E-state index < -0.39 is 0 Å². The molecule has 0 aliphatic carbocycles. The van der Waals surface area contributed by atoms with Crippen molar-refractivity contribution in [3.63, 3.8) is 0 Å². The third kappa shape index (κ3) is 5.16. The Bertz CT molecular complexity index is 944. The largest absolute Gasteiger partial charge is 0.457 e. The van der Waals surface area contributed by atoms with Crippen molar-refractivity contribution in [1.29, 1.82) is 5.26 Å². The van der Waals surface area contributed by atoms with Gasteiger partial charge in [-0.15, -0.1) is 0 Å². The zero-order valence-electron chi connectivity index (χ0n) is 14.9. The lowest BCUT2D eigenvalue weighted by Crippen LogP contribution is -2.04. The Morgan fingerprint density at radius 2 is 1.89 bits per heavy atom. The molecule has 0 aliphatic heterocycles. The number of hydrogen-bond acceptors (Lipinski definition) is 6. The van der Waals surface area contributed by atoms with Gasteiger partial charge in [0.25, 0.3) is 0 Å². The van der Waals surface area contributed by atoms with Crippen molar-refractivity contribution in [2.45, 2.75) is 20.0 Å². The number of rotatable bonds is 7. The number of anilines is 1. The van der Waals surface area contributed by atoms with Gasteiger partial charge >= 0.3 is 5.97 Å². The zero-order chi connectivity index (χ0) is 19.1. The van der Waals surface area contributed by atoms with Crippen molar-refractivity contribution < 1.29 is 9.53 Å². The topological polar surface area (TPSA) is 75.0 Å². The number of carbonyl (C=O) groups excluding carboxylic acids is 1. The number of nitriles is 1. The standard InChI is InChI=1S/C21H19N3O2S/c1-15-19(20(25)26-14-18-9-7-17(13-22)8-10-18)27-21(24-15)23-12-11-16-5-3-2-4-6-16/h2-10H,11-12,14H2,1H3,(H,23,24). The van der Waals surface area contributed by atoms with Gasteiger partial charge in [0.1, 0.15) is 11.5 Å². The van der Waals surface area contributed by atoms with E-state index in [0.717, 1.165) is 18.5 Å². The predicted molar refractivity (Wildman–Crippen MR) is 106 cm³/mol. The summed E-state index contributed by atoms with van der Waals surface area (Å²) in [5.41, 5.74) is 3.33. The van der Waals surface area contributed by atoms with Gasteiger partial charge in [-0.3, -0.25) is 0 Å². The van der Waals surface area contributed by atoms with Crippen molar-refractivity contribution in [1.82, 2.24) is 4.98 Å². The number of carbonyl (C=O) groups is 1. The van der Waals surface area contributed by atoms with Gasteiger partial charge in [-0.2, -0.15) is 5.26 Å². The van der Waals surface area contributed by atoms with Crippen molar-refractivity contribution in [3.05, 3.63) is 81.9 Å². The second-order valence-electron chi connectivity index (χ2n) is 5.98. The van der Waals surface area contributed by atoms with Gasteiger partial charge in [0.15, 0.2) is 5.13 Å². The van der Waals surface area contributed by atoms with Crippen LogP contribution in [0.3, 0.4) is 0 Å². The van der Waals surface area contributed by atoms with Gasteiger partial charge in [0, 0.05) is 6.54 Å². The van der Waals surface area contributed by atoms with E-state index in [9.17, 15) is 4.79 Å². The molecule has 0 saturated heterocycles. The Morgan fingerprint density at radius 3 is 2.59 bits per heavy atom. The zero-order valence-corrected chi connectivity index (χ0v) is 15.8. The SMILES string of the molecule is Cc1nc(NCCc2ccccc2)sc1C(=O)OCc1ccc(C#N)cc1. The van der Waals surface area contributed by atoms with Crippen LogP contribution >= 0.6 is 11.3 Å². The van der Waals surface area contributed by atoms with E-state index in [1.807, 2.05) is 18.2 Å². The number of aromatic nitrogens is 1. The molecule has 1 aromatic heterocycles. The molecule has 0 spiro atoms. The number of aryl methyl sites for hydroxylation is 1. The Labute approximate surface area is 162 Å². The molecule has 136 valence electrons. The van der Waals surface area contributed by atoms with E-state index in [-0.39, 0.29) is 12.6 Å². The average Bonchev–Trinajstić information content (AvgIpc) is 3.08. The molecule has 0 bridgehead atoms. The van der Waals surface area contributed by atoms with Crippen LogP contribution in [-0.4, -0.2) is 17.5 Å². The normalized spacial score (nSPS) is 10.2. The summed E-state index contributed by atoms with van der Waals surface area (Å²) in [6.45, 7) is 2.71. The van der Waals surface area contributed by atoms with Crippen molar-refractivity contribution in [3.8, 4) is 6.07 Å². The second-order valence-corrected chi connectivity index (χ2v) is 6.98. The number of nitrogens with zero attached hydrogens (tertiary/aromatic N) is 2. The highest BCUT2D eigenvalue weighted by molar-refractivity contribution is 7.17. The molecule has 0 amide bonds. The second kappa shape index (κ2) is 8.97. The molecule has 3 rings (SSSR count). The molecule has 0 radical (unpaired) electrons. The highest BCUT2D eigenvalue weighted by Gasteiger charge is 2.16. The van der Waals surface area contributed by atoms with Crippen molar-refractivity contribution in [2.75, 3.05) is 11.9 Å². The van der Waals surface area contributed by atoms with Gasteiger partial charge in [0.05, 0.1) is 17.3 Å². The maximum absolute atomic E-state index is 12.3. The quantitative estimate of drug-likeness (QED) is 0.620. The molecule has 1 heterocycles. The van der Waals surface area contributed by atoms with Crippen LogP contribution in [0.2, 0.25) is 0 Å². The summed E-state index contributed by atoms with van der Waals surface area (Å²) >= 11 is 1.30. The molecule has 0 fully saturated rings. The lowest BCUT2D eigenvalue weighted by molar-refractivity contribution is 0.0477. The van der Waals surface area contributed by atoms with Gasteiger partial charge in [-0.25, -0.2) is 9.78 Å². The van der Waals surface area contributed by atoms with Crippen LogP contribution in [0.5, 0.6) is 0 Å². The van der Waals surface area contributed by atoms with Crippen LogP contribution in [0.25, 0.3) is 0 Å². The van der Waals surface area contributed by atoms with Gasteiger partial charge in [-0.05, 0) is 36.6 Å². The van der Waals surface area contributed by atoms with Gasteiger partial charge in [-0.1, -0.05) is 53.8 Å². The van der Waals surface area contributed by atoms with Crippen LogP contribution in [0.15, 0.2) is 54.6 Å². The fraction of sp³-hybridized carbons (Fsp3) is 0.190. The molecule has 0 atom stereocenters. The number of nitrogens with one attached hydrogen (secondary N) is 1. The monoisotopic (exact) mass is 377 g/mol. The van der Waals surface area contributed by atoms with E-state index in [0.29, 0.717) is 21.3 Å². The number of hydrogen-bond donors (Lipinski definition) is 1. The molecule has 2 aromatic carbocycles. The Hall–Kier alpha value is -3.17. The fourth-order valence-electron chi connectivity index (χ4n) is 2.51. The molecule has 0 saturated carbocycles. The van der Waals surface area contributed by atoms with E-state index in [1.54, 1.807) is 31.2 Å². The lowest BCUT2D eigenvalue weighted by Gasteiger charge is -2.04. The first-order chi connectivity index (χ1) is 13.2. The summed E-state index contributed by atoms with van der Waals surface area (Å²) < 4.78 is 5.38. The van der Waals surface area contributed by atoms with Gasteiger partial charge in [0.2, 0.25) is 0 Å². The van der Waals surface area contributed by atoms with Crippen LogP contribution in [0.4, 0.5) is 5.13 Å². The van der Waals surface area contributed by atoms with E-state index in [2.05, 4.69) is 28.5 Å². The van der Waals surface area contributed by atoms with E-state index in [1.165, 1.54) is 16.9 Å². The smallest absolute Gasteiger partial charge is 0.350 e. The highest BCUT2D eigenvalue weighted by Crippen LogP contribution is 2.23. The van der Waals surface area contributed by atoms with Crippen molar-refractivity contribution >= 4 is 22.4 Å². The van der Waals surface area contributed by atoms with E-state index >= 15 is 0 Å². The predicted octanol–water partition coefficient (Wildman–Crippen LogP) is 4.33. The summed E-state index contributed by atoms with van der Waals surface area (Å²) in [6, 6.07) is 19.2. The van der Waals surface area contributed by atoms with Crippen molar-refractivity contribution in [2.24, 2.45) is 0 Å². The minimum absolute atomic E-state index is 0.165. The minimum Gasteiger partial charge on any atom is -0.457 e. The Balaban J connectivity index is 1.53. The first kappa shape index (κ1) is 18.6. The Kier molecular flexibility index (Phi) is 6.18. The third-order valence-corrected chi connectivity index (χ3v) is 5.06. The minimum atomic E-state index is -0.384. The van der Waals surface area contributed by atoms with Crippen LogP contribution in [-0.2, 0) is 17.8 Å². The molecular formula is C21H19N3O2S. The number of benzene rings is 2. The lowest BCUT2D eigenvalue weighted by atomic mass is 10.1. The molecule has 0 unspecified atom stereocenters. The maximum Gasteiger partial charge on any atom is 0.350 e. The molecule has 3 aromatic rings. The first-order valence-corrected chi connectivity index (χ1v) is 9.39. The van der Waals surface area contributed by atoms with Gasteiger partial charge < -0.3 is 10.1 Å². The maximum atomic E-state index is 12.3. The molecular weight excluding hydrogens is 358 g/mol. The summed E-state index contributed by atoms with van der Waals surface area (Å²) in [4.78, 5) is 17.3. The molecule has 27 heavy (non-hydrogen) atoms. The summed E-state index contributed by atoms with van der Waals surface area (Å²) in [5, 5.41) is 12.8. The van der Waals surface area contributed by atoms with Crippen LogP contribution in [0.1, 0.15) is 32.1 Å². The summed E-state index contributed by atoms with van der Waals surface area (Å²) in [7, 11) is 0.